The van der Waals surface area contributed by atoms with Crippen LogP contribution in [-0.2, 0) is 30.3 Å². The number of benzene rings is 3. The lowest BCUT2D eigenvalue weighted by molar-refractivity contribution is -0.145. The Morgan fingerprint density at radius 3 is 2.00 bits per heavy atom. The van der Waals surface area contributed by atoms with Gasteiger partial charge in [0.25, 0.3) is 0 Å². The van der Waals surface area contributed by atoms with Crippen molar-refractivity contribution in [3.05, 3.63) is 95.6 Å². The van der Waals surface area contributed by atoms with Crippen LogP contribution in [0.3, 0.4) is 0 Å². The maximum absolute atomic E-state index is 13.3. The number of esters is 1. The third-order valence-corrected chi connectivity index (χ3v) is 8.32. The molecule has 0 heterocycles. The number of carbonyl (C=O) groups is 4. The number of nitrogens with one attached hydrogen (secondary N) is 3. The van der Waals surface area contributed by atoms with Gasteiger partial charge in [-0.25, -0.2) is 9.59 Å². The van der Waals surface area contributed by atoms with E-state index in [4.69, 9.17) is 15.2 Å². The summed E-state index contributed by atoms with van der Waals surface area (Å²) in [5.74, 6) is -1.38. The lowest BCUT2D eigenvalue weighted by atomic mass is 9.98. The summed E-state index contributed by atoms with van der Waals surface area (Å²) in [5.41, 5.74) is 11.7. The molecular formula is C37H46N4O6. The Morgan fingerprint density at radius 2 is 1.38 bits per heavy atom. The van der Waals surface area contributed by atoms with E-state index >= 15 is 0 Å². The molecule has 3 aromatic rings. The Hall–Kier alpha value is -4.70. The first-order valence-electron chi connectivity index (χ1n) is 16.2. The highest BCUT2D eigenvalue weighted by atomic mass is 16.5. The van der Waals surface area contributed by atoms with Crippen molar-refractivity contribution < 1.29 is 28.7 Å². The molecule has 0 spiro atoms. The Labute approximate surface area is 276 Å². The monoisotopic (exact) mass is 642 g/mol. The van der Waals surface area contributed by atoms with Gasteiger partial charge in [-0.15, -0.1) is 0 Å². The second-order valence-electron chi connectivity index (χ2n) is 12.3. The molecule has 47 heavy (non-hydrogen) atoms. The van der Waals surface area contributed by atoms with Crippen LogP contribution in [-0.4, -0.2) is 62.3 Å². The van der Waals surface area contributed by atoms with Crippen LogP contribution in [0.1, 0.15) is 62.1 Å². The van der Waals surface area contributed by atoms with Gasteiger partial charge < -0.3 is 31.2 Å². The summed E-state index contributed by atoms with van der Waals surface area (Å²) >= 11 is 0. The van der Waals surface area contributed by atoms with Crippen molar-refractivity contribution in [2.45, 2.75) is 70.0 Å². The van der Waals surface area contributed by atoms with E-state index in [1.165, 1.54) is 18.2 Å². The van der Waals surface area contributed by atoms with Crippen LogP contribution in [0.4, 0.5) is 4.79 Å². The average Bonchev–Trinajstić information content (AvgIpc) is 3.39. The number of hydrogen-bond acceptors (Lipinski definition) is 7. The minimum Gasteiger partial charge on any atom is -0.467 e. The molecule has 0 saturated heterocycles. The Morgan fingerprint density at radius 1 is 0.787 bits per heavy atom. The fraction of sp³-hybridized carbons (Fsp3) is 0.405. The van der Waals surface area contributed by atoms with E-state index in [1.54, 1.807) is 0 Å². The topological polar surface area (TPSA) is 149 Å². The highest BCUT2D eigenvalue weighted by molar-refractivity contribution is 5.92. The highest BCUT2D eigenvalue weighted by Gasteiger charge is 2.30. The number of amides is 3. The zero-order valence-corrected chi connectivity index (χ0v) is 27.4. The second kappa shape index (κ2) is 17.3. The molecule has 250 valence electrons. The van der Waals surface area contributed by atoms with Gasteiger partial charge in [0, 0.05) is 18.9 Å². The molecule has 0 fully saturated rings. The molecule has 0 unspecified atom stereocenters. The number of rotatable bonds is 16. The summed E-state index contributed by atoms with van der Waals surface area (Å²) in [6, 6.07) is 23.0. The van der Waals surface area contributed by atoms with Crippen molar-refractivity contribution in [1.82, 2.24) is 16.0 Å². The summed E-state index contributed by atoms with van der Waals surface area (Å²) in [4.78, 5) is 51.2. The van der Waals surface area contributed by atoms with Gasteiger partial charge in [-0.1, -0.05) is 92.7 Å². The minimum atomic E-state index is -0.939. The highest BCUT2D eigenvalue weighted by Crippen LogP contribution is 2.44. The molecular weight excluding hydrogens is 596 g/mol. The van der Waals surface area contributed by atoms with E-state index in [2.05, 4.69) is 40.2 Å². The van der Waals surface area contributed by atoms with Crippen molar-refractivity contribution >= 4 is 23.9 Å². The van der Waals surface area contributed by atoms with Gasteiger partial charge in [-0.05, 0) is 59.4 Å². The van der Waals surface area contributed by atoms with E-state index in [1.807, 2.05) is 68.4 Å². The number of nitrogens with two attached hydrogens (primary N) is 1. The van der Waals surface area contributed by atoms with Crippen molar-refractivity contribution in [3.8, 4) is 11.1 Å². The zero-order chi connectivity index (χ0) is 33.8. The number of alkyl carbamates (subject to hydrolysis) is 1. The number of fused-ring (bicyclic) bond motifs is 3. The number of hydrogen-bond donors (Lipinski definition) is 4. The van der Waals surface area contributed by atoms with Gasteiger partial charge in [0.05, 0.1) is 13.2 Å². The van der Waals surface area contributed by atoms with Crippen LogP contribution in [0.25, 0.3) is 11.1 Å². The van der Waals surface area contributed by atoms with Gasteiger partial charge >= 0.3 is 12.1 Å². The second-order valence-corrected chi connectivity index (χ2v) is 12.3. The van der Waals surface area contributed by atoms with Crippen molar-refractivity contribution in [1.29, 1.82) is 0 Å². The molecule has 10 heteroatoms. The molecule has 1 aliphatic carbocycles. The predicted molar refractivity (Wildman–Crippen MR) is 180 cm³/mol. The Kier molecular flexibility index (Phi) is 12.9. The molecule has 5 N–H and O–H groups in total. The molecule has 3 amide bonds. The van der Waals surface area contributed by atoms with Gasteiger partial charge in [-0.2, -0.15) is 0 Å². The van der Waals surface area contributed by atoms with E-state index in [0.717, 1.165) is 16.7 Å². The first-order chi connectivity index (χ1) is 22.7. The normalized spacial score (nSPS) is 13.9. The Balaban J connectivity index is 1.22. The molecule has 4 rings (SSSR count). The lowest BCUT2D eigenvalue weighted by Crippen LogP contribution is -2.55. The van der Waals surface area contributed by atoms with E-state index < -0.39 is 42.0 Å². The quantitative estimate of drug-likeness (QED) is 0.133. The molecule has 10 nitrogen and oxygen atoms in total. The maximum atomic E-state index is 13.3. The van der Waals surface area contributed by atoms with Gasteiger partial charge in [0.15, 0.2) is 0 Å². The molecule has 0 aromatic heterocycles. The SMILES string of the molecule is COC(=O)[C@H](CC(C)C)NC(=O)[C@H](Cc1ccccc1)NC(=O)[C@@H](N)CCCCNC(=O)OCC1c2ccccc2-c2ccccc21. The molecule has 3 atom stereocenters. The summed E-state index contributed by atoms with van der Waals surface area (Å²) < 4.78 is 10.5. The number of ether oxygens (including phenoxy) is 2. The van der Waals surface area contributed by atoms with Gasteiger partial charge in [0.1, 0.15) is 18.7 Å². The summed E-state index contributed by atoms with van der Waals surface area (Å²) in [6.45, 7) is 4.49. The molecule has 0 radical (unpaired) electrons. The Bertz CT molecular complexity index is 1470. The fourth-order valence-corrected chi connectivity index (χ4v) is 5.90. The molecule has 3 aromatic carbocycles. The van der Waals surface area contributed by atoms with Crippen molar-refractivity contribution in [2.24, 2.45) is 11.7 Å². The predicted octanol–water partition coefficient (Wildman–Crippen LogP) is 4.45. The zero-order valence-electron chi connectivity index (χ0n) is 27.4. The molecule has 1 aliphatic rings. The van der Waals surface area contributed by atoms with Crippen LogP contribution >= 0.6 is 0 Å². The van der Waals surface area contributed by atoms with Crippen LogP contribution in [0.2, 0.25) is 0 Å². The molecule has 0 bridgehead atoms. The van der Waals surface area contributed by atoms with E-state index in [9.17, 15) is 19.2 Å². The lowest BCUT2D eigenvalue weighted by Gasteiger charge is -2.24. The fourth-order valence-electron chi connectivity index (χ4n) is 5.90. The van der Waals surface area contributed by atoms with Crippen LogP contribution in [0, 0.1) is 5.92 Å². The number of unbranched alkanes of at least 4 members (excludes halogenated alkanes) is 1. The largest absolute Gasteiger partial charge is 0.467 e. The molecule has 0 saturated carbocycles. The van der Waals surface area contributed by atoms with Crippen molar-refractivity contribution in [2.75, 3.05) is 20.3 Å². The van der Waals surface area contributed by atoms with Gasteiger partial charge in [0.2, 0.25) is 11.8 Å². The van der Waals surface area contributed by atoms with E-state index in [0.29, 0.717) is 32.2 Å². The third kappa shape index (κ3) is 9.89. The smallest absolute Gasteiger partial charge is 0.407 e. The average molecular weight is 643 g/mol. The summed E-state index contributed by atoms with van der Waals surface area (Å²) in [5, 5.41) is 8.31. The first-order valence-corrected chi connectivity index (χ1v) is 16.2. The van der Waals surface area contributed by atoms with Crippen LogP contribution < -0.4 is 21.7 Å². The maximum Gasteiger partial charge on any atom is 0.407 e. The van der Waals surface area contributed by atoms with Crippen molar-refractivity contribution in [3.63, 3.8) is 0 Å². The summed E-state index contributed by atoms with van der Waals surface area (Å²) in [7, 11) is 1.28. The summed E-state index contributed by atoms with van der Waals surface area (Å²) in [6.07, 6.45) is 1.66. The first kappa shape index (κ1) is 35.2. The standard InChI is InChI=1S/C37H46N4O6/c1-24(2)21-33(36(44)46-3)41-35(43)32(22-25-13-5-4-6-14-25)40-34(42)31(38)19-11-12-20-39-37(45)47-23-30-28-17-9-7-15-26(28)27-16-8-10-18-29(27)30/h4-10,13-18,24,30-33H,11-12,19-23,38H2,1-3H3,(H,39,45)(H,40,42)(H,41,43)/t31-,32-,33-/m0/s1. The van der Waals surface area contributed by atoms with E-state index in [-0.39, 0.29) is 24.9 Å². The number of methoxy groups -OCH3 is 1. The minimum absolute atomic E-state index is 0.0148. The van der Waals surface area contributed by atoms with Crippen LogP contribution in [0.5, 0.6) is 0 Å². The molecule has 0 aliphatic heterocycles. The third-order valence-electron chi connectivity index (χ3n) is 8.32. The number of carbonyl (C=O) groups excluding carboxylic acids is 4. The van der Waals surface area contributed by atoms with Gasteiger partial charge in [-0.3, -0.25) is 9.59 Å². The van der Waals surface area contributed by atoms with Crippen LogP contribution in [0.15, 0.2) is 78.9 Å².